The third-order valence-electron chi connectivity index (χ3n) is 1.35. The van der Waals surface area contributed by atoms with E-state index in [0.29, 0.717) is 0 Å². The molecule has 0 heterocycles. The van der Waals surface area contributed by atoms with Crippen LogP contribution in [0.4, 0.5) is 14.5 Å². The summed E-state index contributed by atoms with van der Waals surface area (Å²) in [5.74, 6) is 0.143. The molecule has 0 spiro atoms. The first-order valence-electron chi connectivity index (χ1n) is 3.64. The third kappa shape index (κ3) is 3.11. The van der Waals surface area contributed by atoms with Crippen LogP contribution in [0.2, 0.25) is 0 Å². The summed E-state index contributed by atoms with van der Waals surface area (Å²) < 4.78 is 27.6. The molecule has 1 rings (SSSR count). The molecule has 0 unspecified atom stereocenters. The van der Waals surface area contributed by atoms with E-state index in [-0.39, 0.29) is 5.75 Å². The molecular weight excluding hydrogens is 176 g/mol. The predicted octanol–water partition coefficient (Wildman–Crippen LogP) is 2.84. The Morgan fingerprint density at radius 1 is 1.31 bits per heavy atom. The molecule has 1 aromatic carbocycles. The van der Waals surface area contributed by atoms with Gasteiger partial charge in [0.05, 0.1) is 0 Å². The molecule has 0 amide bonds. The Balaban J connectivity index is 2.63. The average molecular weight is 185 g/mol. The van der Waals surface area contributed by atoms with Crippen molar-refractivity contribution < 1.29 is 13.5 Å². The molecule has 0 aliphatic carbocycles. The van der Waals surface area contributed by atoms with Crippen molar-refractivity contribution in [3.05, 3.63) is 37.0 Å². The Kier molecular flexibility index (Phi) is 3.25. The van der Waals surface area contributed by atoms with E-state index in [0.717, 1.165) is 5.69 Å². The Bertz CT molecular complexity index is 271. The van der Waals surface area contributed by atoms with Crippen molar-refractivity contribution >= 4 is 5.69 Å². The molecule has 0 bridgehead atoms. The Labute approximate surface area is 74.8 Å². The van der Waals surface area contributed by atoms with Gasteiger partial charge in [-0.25, -0.2) is 0 Å². The third-order valence-corrected chi connectivity index (χ3v) is 1.35. The van der Waals surface area contributed by atoms with Gasteiger partial charge in [-0.1, -0.05) is 6.58 Å². The highest BCUT2D eigenvalue weighted by atomic mass is 19.3. The van der Waals surface area contributed by atoms with Crippen molar-refractivity contribution in [3.63, 3.8) is 0 Å². The first kappa shape index (κ1) is 9.51. The van der Waals surface area contributed by atoms with E-state index in [2.05, 4.69) is 16.6 Å². The zero-order chi connectivity index (χ0) is 9.68. The van der Waals surface area contributed by atoms with Gasteiger partial charge in [0.25, 0.3) is 0 Å². The summed E-state index contributed by atoms with van der Waals surface area (Å²) in [6, 6.07) is 6.16. The van der Waals surface area contributed by atoms with Crippen LogP contribution in [0, 0.1) is 0 Å². The molecule has 0 fully saturated rings. The van der Waals surface area contributed by atoms with Crippen LogP contribution in [0.1, 0.15) is 0 Å². The first-order valence-corrected chi connectivity index (χ1v) is 3.64. The number of hydrogen-bond acceptors (Lipinski definition) is 2. The van der Waals surface area contributed by atoms with Gasteiger partial charge >= 0.3 is 6.61 Å². The average Bonchev–Trinajstić information content (AvgIpc) is 2.08. The van der Waals surface area contributed by atoms with Crippen molar-refractivity contribution in [1.29, 1.82) is 0 Å². The Morgan fingerprint density at radius 2 is 1.92 bits per heavy atom. The molecule has 0 saturated carbocycles. The van der Waals surface area contributed by atoms with Crippen molar-refractivity contribution in [2.45, 2.75) is 6.61 Å². The molecule has 0 saturated heterocycles. The number of nitrogens with one attached hydrogen (secondary N) is 1. The lowest BCUT2D eigenvalue weighted by atomic mass is 10.3. The number of halogens is 2. The minimum Gasteiger partial charge on any atom is -0.435 e. The molecule has 1 N–H and O–H groups in total. The number of benzene rings is 1. The zero-order valence-corrected chi connectivity index (χ0v) is 6.84. The van der Waals surface area contributed by atoms with E-state index >= 15 is 0 Å². The molecule has 0 aliphatic heterocycles. The second-order valence-corrected chi connectivity index (χ2v) is 2.25. The van der Waals surface area contributed by atoms with Gasteiger partial charge < -0.3 is 10.1 Å². The molecule has 0 atom stereocenters. The molecule has 2 nitrogen and oxygen atoms in total. The summed E-state index contributed by atoms with van der Waals surface area (Å²) in [5.41, 5.74) is 0.775. The maximum atomic E-state index is 11.7. The van der Waals surface area contributed by atoms with Crippen molar-refractivity contribution in [1.82, 2.24) is 0 Å². The van der Waals surface area contributed by atoms with Crippen LogP contribution in [0.25, 0.3) is 0 Å². The molecular formula is C9H9F2NO. The standard InChI is InChI=1S/C9H9F2NO/c1-2-12-7-3-5-8(6-4-7)13-9(10)11/h2-6,9,12H,1H2. The smallest absolute Gasteiger partial charge is 0.387 e. The minimum absolute atomic E-state index is 0.143. The molecule has 0 radical (unpaired) electrons. The van der Waals surface area contributed by atoms with Crippen molar-refractivity contribution in [2.24, 2.45) is 0 Å². The van der Waals surface area contributed by atoms with Gasteiger partial charge in [-0.15, -0.1) is 0 Å². The van der Waals surface area contributed by atoms with Gasteiger partial charge in [0.2, 0.25) is 0 Å². The number of alkyl halides is 2. The summed E-state index contributed by atoms with van der Waals surface area (Å²) in [4.78, 5) is 0. The number of anilines is 1. The minimum atomic E-state index is -2.78. The Hall–Kier alpha value is -1.58. The van der Waals surface area contributed by atoms with Gasteiger partial charge in [-0.2, -0.15) is 8.78 Å². The molecule has 0 aliphatic rings. The van der Waals surface area contributed by atoms with E-state index in [9.17, 15) is 8.78 Å². The largest absolute Gasteiger partial charge is 0.435 e. The van der Waals surface area contributed by atoms with Crippen LogP contribution in [0.5, 0.6) is 5.75 Å². The normalized spacial score (nSPS) is 9.77. The van der Waals surface area contributed by atoms with Crippen LogP contribution in [-0.2, 0) is 0 Å². The van der Waals surface area contributed by atoms with Crippen LogP contribution < -0.4 is 10.1 Å². The first-order chi connectivity index (χ1) is 6.22. The lowest BCUT2D eigenvalue weighted by molar-refractivity contribution is -0.0498. The highest BCUT2D eigenvalue weighted by molar-refractivity contribution is 5.47. The maximum absolute atomic E-state index is 11.7. The van der Waals surface area contributed by atoms with Crippen molar-refractivity contribution in [2.75, 3.05) is 5.32 Å². The van der Waals surface area contributed by atoms with Crippen LogP contribution >= 0.6 is 0 Å². The lowest BCUT2D eigenvalue weighted by Crippen LogP contribution is -2.01. The number of hydrogen-bond donors (Lipinski definition) is 1. The van der Waals surface area contributed by atoms with E-state index in [1.807, 2.05) is 0 Å². The fraction of sp³-hybridized carbons (Fsp3) is 0.111. The van der Waals surface area contributed by atoms with Crippen molar-refractivity contribution in [3.8, 4) is 5.75 Å². The second kappa shape index (κ2) is 4.45. The fourth-order valence-corrected chi connectivity index (χ4v) is 0.850. The van der Waals surface area contributed by atoms with E-state index in [1.165, 1.54) is 18.3 Å². The van der Waals surface area contributed by atoms with E-state index in [4.69, 9.17) is 0 Å². The van der Waals surface area contributed by atoms with Gasteiger partial charge in [0.1, 0.15) is 5.75 Å². The van der Waals surface area contributed by atoms with Gasteiger partial charge in [0.15, 0.2) is 0 Å². The molecule has 1 aromatic rings. The zero-order valence-electron chi connectivity index (χ0n) is 6.84. The van der Waals surface area contributed by atoms with Crippen LogP contribution in [0.3, 0.4) is 0 Å². The van der Waals surface area contributed by atoms with Gasteiger partial charge in [-0.3, -0.25) is 0 Å². The quantitative estimate of drug-likeness (QED) is 0.778. The topological polar surface area (TPSA) is 21.3 Å². The lowest BCUT2D eigenvalue weighted by Gasteiger charge is -2.05. The van der Waals surface area contributed by atoms with E-state index in [1.54, 1.807) is 12.1 Å². The molecule has 70 valence electrons. The summed E-state index contributed by atoms with van der Waals surface area (Å²) in [6.45, 7) is 0.685. The summed E-state index contributed by atoms with van der Waals surface area (Å²) >= 11 is 0. The maximum Gasteiger partial charge on any atom is 0.387 e. The summed E-state index contributed by atoms with van der Waals surface area (Å²) in [5, 5.41) is 2.81. The fourth-order valence-electron chi connectivity index (χ4n) is 0.850. The molecule has 4 heteroatoms. The second-order valence-electron chi connectivity index (χ2n) is 2.25. The predicted molar refractivity (Wildman–Crippen MR) is 46.9 cm³/mol. The number of rotatable bonds is 4. The molecule has 13 heavy (non-hydrogen) atoms. The van der Waals surface area contributed by atoms with Crippen LogP contribution in [0.15, 0.2) is 37.0 Å². The van der Waals surface area contributed by atoms with E-state index < -0.39 is 6.61 Å². The highest BCUT2D eigenvalue weighted by Crippen LogP contribution is 2.17. The highest BCUT2D eigenvalue weighted by Gasteiger charge is 2.02. The summed E-state index contributed by atoms with van der Waals surface area (Å²) in [7, 11) is 0. The monoisotopic (exact) mass is 185 g/mol. The van der Waals surface area contributed by atoms with Gasteiger partial charge in [0, 0.05) is 5.69 Å². The van der Waals surface area contributed by atoms with Crippen LogP contribution in [-0.4, -0.2) is 6.61 Å². The molecule has 0 aromatic heterocycles. The Morgan fingerprint density at radius 3 is 2.38 bits per heavy atom. The SMILES string of the molecule is C=CNc1ccc(OC(F)F)cc1. The van der Waals surface area contributed by atoms with Gasteiger partial charge in [-0.05, 0) is 30.5 Å². The summed E-state index contributed by atoms with van der Waals surface area (Å²) in [6.07, 6.45) is 1.50. The number of ether oxygens (including phenoxy) is 1.